The zero-order chi connectivity index (χ0) is 22.3. The smallest absolute Gasteiger partial charge is 0.251 e. The Kier molecular flexibility index (Phi) is 6.43. The molecular formula is C24H21N4O4. The van der Waals surface area contributed by atoms with Crippen LogP contribution in [0.25, 0.3) is 10.8 Å². The van der Waals surface area contributed by atoms with Crippen molar-refractivity contribution in [3.63, 3.8) is 0 Å². The molecule has 0 fully saturated rings. The molecule has 8 nitrogen and oxygen atoms in total. The number of rotatable bonds is 8. The van der Waals surface area contributed by atoms with Crippen molar-refractivity contribution in [1.82, 2.24) is 15.3 Å². The van der Waals surface area contributed by atoms with Crippen LogP contribution in [0, 0.1) is 6.07 Å². The molecule has 32 heavy (non-hydrogen) atoms. The molecule has 1 radical (unpaired) electrons. The maximum Gasteiger partial charge on any atom is 0.251 e. The van der Waals surface area contributed by atoms with Gasteiger partial charge in [-0.3, -0.25) is 4.79 Å². The number of amides is 1. The molecule has 0 aliphatic heterocycles. The lowest BCUT2D eigenvalue weighted by Gasteiger charge is -2.13. The normalized spacial score (nSPS) is 10.6. The highest BCUT2D eigenvalue weighted by molar-refractivity contribution is 5.95. The van der Waals surface area contributed by atoms with E-state index in [4.69, 9.17) is 14.6 Å². The van der Waals surface area contributed by atoms with E-state index in [9.17, 15) is 4.79 Å². The highest BCUT2D eigenvalue weighted by atomic mass is 16.5. The van der Waals surface area contributed by atoms with Crippen LogP contribution in [0.4, 0.5) is 11.6 Å². The van der Waals surface area contributed by atoms with Gasteiger partial charge in [-0.15, -0.1) is 0 Å². The topological polar surface area (TPSA) is 106 Å². The Balaban J connectivity index is 1.54. The number of methoxy groups -OCH3 is 1. The quantitative estimate of drug-likeness (QED) is 0.392. The summed E-state index contributed by atoms with van der Waals surface area (Å²) in [7, 11) is 1.51. The van der Waals surface area contributed by atoms with Gasteiger partial charge in [-0.05, 0) is 35.7 Å². The highest BCUT2D eigenvalue weighted by Crippen LogP contribution is 2.30. The molecule has 0 aliphatic rings. The molecule has 8 heteroatoms. The number of anilines is 2. The van der Waals surface area contributed by atoms with Crippen LogP contribution in [0.1, 0.15) is 10.4 Å². The summed E-state index contributed by atoms with van der Waals surface area (Å²) in [4.78, 5) is 20.8. The second-order valence-electron chi connectivity index (χ2n) is 6.73. The third-order valence-electron chi connectivity index (χ3n) is 4.62. The number of ether oxygens (including phenoxy) is 2. The van der Waals surface area contributed by atoms with E-state index in [1.54, 1.807) is 36.5 Å². The molecule has 0 saturated carbocycles. The van der Waals surface area contributed by atoms with E-state index in [1.165, 1.54) is 7.11 Å². The Morgan fingerprint density at radius 2 is 2.00 bits per heavy atom. The van der Waals surface area contributed by atoms with Crippen molar-refractivity contribution in [2.75, 3.05) is 25.6 Å². The summed E-state index contributed by atoms with van der Waals surface area (Å²) >= 11 is 0. The first-order chi connectivity index (χ1) is 15.7. The first-order valence-electron chi connectivity index (χ1n) is 9.92. The summed E-state index contributed by atoms with van der Waals surface area (Å²) in [5.74, 6) is 1.49. The number of aliphatic hydroxyl groups excluding tert-OH is 1. The summed E-state index contributed by atoms with van der Waals surface area (Å²) in [6.07, 6.45) is 1.59. The number of benzene rings is 3. The Labute approximate surface area is 184 Å². The molecule has 0 aliphatic carbocycles. The van der Waals surface area contributed by atoms with Crippen LogP contribution in [-0.2, 0) is 0 Å². The van der Waals surface area contributed by atoms with E-state index in [0.717, 1.165) is 10.8 Å². The predicted octanol–water partition coefficient (Wildman–Crippen LogP) is 3.70. The van der Waals surface area contributed by atoms with Crippen molar-refractivity contribution in [2.24, 2.45) is 0 Å². The Hall–Kier alpha value is -4.17. The predicted molar refractivity (Wildman–Crippen MR) is 121 cm³/mol. The van der Waals surface area contributed by atoms with E-state index >= 15 is 0 Å². The number of carbonyl (C=O) groups excluding carboxylic acids is 1. The number of hydrogen-bond acceptors (Lipinski definition) is 7. The largest absolute Gasteiger partial charge is 0.495 e. The van der Waals surface area contributed by atoms with Gasteiger partial charge in [0.25, 0.3) is 5.91 Å². The number of carbonyl (C=O) groups is 1. The summed E-state index contributed by atoms with van der Waals surface area (Å²) in [6, 6.07) is 21.2. The standard InChI is InChI=1S/C24H21N4O4/c1-31-21-15-17(23(30)25-13-14-29)9-10-19(21)27-24-26-12-11-22(28-24)32-20-8-4-6-16-5-2-3-7-18(16)20/h2-5,7-12,15,29H,13-14H2,1H3,(H,25,30)(H,26,27,28). The fourth-order valence-electron chi connectivity index (χ4n) is 3.11. The maximum absolute atomic E-state index is 12.1. The Bertz CT molecular complexity index is 1240. The first-order valence-corrected chi connectivity index (χ1v) is 9.92. The Morgan fingerprint density at radius 1 is 1.12 bits per heavy atom. The van der Waals surface area contributed by atoms with Gasteiger partial charge in [-0.1, -0.05) is 30.3 Å². The zero-order valence-electron chi connectivity index (χ0n) is 17.3. The molecule has 161 valence electrons. The van der Waals surface area contributed by atoms with Crippen molar-refractivity contribution >= 4 is 28.3 Å². The minimum absolute atomic E-state index is 0.130. The van der Waals surface area contributed by atoms with Crippen molar-refractivity contribution in [2.45, 2.75) is 0 Å². The number of fused-ring (bicyclic) bond motifs is 1. The van der Waals surface area contributed by atoms with Crippen LogP contribution in [0.3, 0.4) is 0 Å². The Morgan fingerprint density at radius 3 is 2.84 bits per heavy atom. The van der Waals surface area contributed by atoms with Gasteiger partial charge in [0.1, 0.15) is 11.5 Å². The van der Waals surface area contributed by atoms with Gasteiger partial charge in [0.2, 0.25) is 11.8 Å². The van der Waals surface area contributed by atoms with Gasteiger partial charge in [-0.2, -0.15) is 4.98 Å². The number of aliphatic hydroxyl groups is 1. The fourth-order valence-corrected chi connectivity index (χ4v) is 3.11. The number of nitrogens with zero attached hydrogens (tertiary/aromatic N) is 2. The maximum atomic E-state index is 12.1. The minimum Gasteiger partial charge on any atom is -0.495 e. The molecular weight excluding hydrogens is 408 g/mol. The van der Waals surface area contributed by atoms with Crippen LogP contribution >= 0.6 is 0 Å². The lowest BCUT2D eigenvalue weighted by atomic mass is 10.1. The van der Waals surface area contributed by atoms with Crippen LogP contribution in [0.15, 0.2) is 66.9 Å². The van der Waals surface area contributed by atoms with Crippen molar-refractivity contribution in [3.8, 4) is 17.4 Å². The van der Waals surface area contributed by atoms with Crippen LogP contribution in [0.2, 0.25) is 0 Å². The molecule has 0 unspecified atom stereocenters. The third-order valence-corrected chi connectivity index (χ3v) is 4.62. The van der Waals surface area contributed by atoms with Gasteiger partial charge in [0, 0.05) is 29.8 Å². The van der Waals surface area contributed by atoms with Crippen molar-refractivity contribution in [3.05, 3.63) is 78.5 Å². The van der Waals surface area contributed by atoms with E-state index in [2.05, 4.69) is 26.7 Å². The molecule has 1 amide bonds. The third kappa shape index (κ3) is 4.76. The second kappa shape index (κ2) is 9.76. The average molecular weight is 429 g/mol. The minimum atomic E-state index is -0.303. The summed E-state index contributed by atoms with van der Waals surface area (Å²) in [5, 5.41) is 16.4. The molecule has 3 N–H and O–H groups in total. The molecule has 0 bridgehead atoms. The van der Waals surface area contributed by atoms with Gasteiger partial charge < -0.3 is 25.2 Å². The monoisotopic (exact) mass is 429 g/mol. The van der Waals surface area contributed by atoms with Gasteiger partial charge >= 0.3 is 0 Å². The molecule has 4 aromatic rings. The van der Waals surface area contributed by atoms with Crippen LogP contribution in [0.5, 0.6) is 17.4 Å². The fraction of sp³-hybridized carbons (Fsp3) is 0.125. The van der Waals surface area contributed by atoms with E-state index < -0.39 is 0 Å². The molecule has 3 aromatic carbocycles. The van der Waals surface area contributed by atoms with Gasteiger partial charge in [-0.25, -0.2) is 4.98 Å². The lowest BCUT2D eigenvalue weighted by Crippen LogP contribution is -2.26. The van der Waals surface area contributed by atoms with Crippen molar-refractivity contribution < 1.29 is 19.4 Å². The second-order valence-corrected chi connectivity index (χ2v) is 6.73. The van der Waals surface area contributed by atoms with Gasteiger partial charge in [0.05, 0.1) is 19.4 Å². The molecule has 1 heterocycles. The number of aromatic nitrogens is 2. The van der Waals surface area contributed by atoms with Crippen LogP contribution in [-0.4, -0.2) is 41.2 Å². The summed E-state index contributed by atoms with van der Waals surface area (Å²) in [6.45, 7) is 0.0474. The molecule has 1 aromatic heterocycles. The van der Waals surface area contributed by atoms with Crippen molar-refractivity contribution in [1.29, 1.82) is 0 Å². The summed E-state index contributed by atoms with van der Waals surface area (Å²) in [5.41, 5.74) is 0.995. The molecule has 0 saturated heterocycles. The zero-order valence-corrected chi connectivity index (χ0v) is 17.3. The molecule has 4 rings (SSSR count). The first kappa shape index (κ1) is 21.1. The molecule has 0 spiro atoms. The summed E-state index contributed by atoms with van der Waals surface area (Å²) < 4.78 is 11.4. The number of nitrogens with one attached hydrogen (secondary N) is 2. The lowest BCUT2D eigenvalue weighted by molar-refractivity contribution is 0.0944. The number of hydrogen-bond donors (Lipinski definition) is 3. The van der Waals surface area contributed by atoms with E-state index in [1.807, 2.05) is 30.3 Å². The SMILES string of the molecule is COc1cc(C(=O)NCCO)ccc1Nc1nccc(Oc2cc[c]c3ccccc23)n1. The average Bonchev–Trinajstić information content (AvgIpc) is 2.83. The van der Waals surface area contributed by atoms with Crippen LogP contribution < -0.4 is 20.1 Å². The molecule has 0 atom stereocenters. The van der Waals surface area contributed by atoms with Gasteiger partial charge in [0.15, 0.2) is 0 Å². The van der Waals surface area contributed by atoms with E-state index in [0.29, 0.717) is 34.6 Å². The highest BCUT2D eigenvalue weighted by Gasteiger charge is 2.12. The van der Waals surface area contributed by atoms with E-state index in [-0.39, 0.29) is 19.1 Å².